The smallest absolute Gasteiger partial charge is 0.329 e. The van der Waals surface area contributed by atoms with Crippen molar-refractivity contribution in [2.45, 2.75) is 37.1 Å². The molecule has 0 unspecified atom stereocenters. The Labute approximate surface area is 127 Å². The van der Waals surface area contributed by atoms with Crippen LogP contribution in [-0.2, 0) is 4.79 Å². The average molecular weight is 316 g/mol. The Kier molecular flexibility index (Phi) is 5.89. The topological polar surface area (TPSA) is 66.4 Å². The van der Waals surface area contributed by atoms with E-state index in [2.05, 4.69) is 5.32 Å². The predicted octanol–water partition coefficient (Wildman–Crippen LogP) is 3.44. The summed E-state index contributed by atoms with van der Waals surface area (Å²) in [5, 5.41) is 12.3. The number of nitrogens with one attached hydrogen (secondary N) is 1. The molecule has 0 radical (unpaired) electrons. The number of carboxylic acid groups (broad SMARTS) is 1. The van der Waals surface area contributed by atoms with Crippen molar-refractivity contribution in [2.75, 3.05) is 6.26 Å². The van der Waals surface area contributed by atoms with E-state index in [4.69, 9.17) is 11.6 Å². The van der Waals surface area contributed by atoms with Crippen molar-refractivity contribution >= 4 is 35.2 Å². The molecule has 0 saturated heterocycles. The lowest BCUT2D eigenvalue weighted by atomic mass is 9.92. The van der Waals surface area contributed by atoms with Crippen LogP contribution < -0.4 is 5.32 Å². The summed E-state index contributed by atoms with van der Waals surface area (Å²) in [6.07, 6.45) is 2.51. The number of thioether (sulfide) groups is 1. The second-order valence-corrected chi connectivity index (χ2v) is 5.68. The molecule has 0 aliphatic carbocycles. The van der Waals surface area contributed by atoms with E-state index in [0.29, 0.717) is 23.4 Å². The lowest BCUT2D eigenvalue weighted by Gasteiger charge is -2.28. The highest BCUT2D eigenvalue weighted by Gasteiger charge is 2.36. The molecule has 0 fully saturated rings. The van der Waals surface area contributed by atoms with Crippen LogP contribution in [-0.4, -0.2) is 28.8 Å². The molecular weight excluding hydrogens is 298 g/mol. The third-order valence-electron chi connectivity index (χ3n) is 3.39. The minimum atomic E-state index is -1.25. The first-order valence-corrected chi connectivity index (χ1v) is 7.90. The molecule has 0 aromatic heterocycles. The molecule has 20 heavy (non-hydrogen) atoms. The molecule has 0 atom stereocenters. The van der Waals surface area contributed by atoms with E-state index >= 15 is 0 Å². The van der Waals surface area contributed by atoms with Gasteiger partial charge < -0.3 is 10.4 Å². The summed E-state index contributed by atoms with van der Waals surface area (Å²) in [6.45, 7) is 3.47. The zero-order valence-corrected chi connectivity index (χ0v) is 13.3. The zero-order valence-electron chi connectivity index (χ0n) is 11.7. The molecule has 4 nitrogen and oxygen atoms in total. The van der Waals surface area contributed by atoms with Crippen molar-refractivity contribution in [3.63, 3.8) is 0 Å². The quantitative estimate of drug-likeness (QED) is 0.789. The molecule has 0 aliphatic heterocycles. The maximum atomic E-state index is 12.3. The van der Waals surface area contributed by atoms with Crippen molar-refractivity contribution in [3.8, 4) is 0 Å². The van der Waals surface area contributed by atoms with Crippen LogP contribution in [0.2, 0.25) is 5.02 Å². The first-order chi connectivity index (χ1) is 9.40. The minimum absolute atomic E-state index is 0.297. The minimum Gasteiger partial charge on any atom is -0.480 e. The Bertz CT molecular complexity index is 515. The summed E-state index contributed by atoms with van der Waals surface area (Å²) in [5.74, 6) is -1.50. The van der Waals surface area contributed by atoms with E-state index in [1.54, 1.807) is 26.0 Å². The monoisotopic (exact) mass is 315 g/mol. The van der Waals surface area contributed by atoms with E-state index in [9.17, 15) is 14.7 Å². The molecule has 110 valence electrons. The molecule has 1 aromatic carbocycles. The Morgan fingerprint density at radius 2 is 1.95 bits per heavy atom. The largest absolute Gasteiger partial charge is 0.480 e. The number of benzene rings is 1. The lowest BCUT2D eigenvalue weighted by Crippen LogP contribution is -2.53. The van der Waals surface area contributed by atoms with Gasteiger partial charge in [-0.05, 0) is 37.3 Å². The fraction of sp³-hybridized carbons (Fsp3) is 0.429. The van der Waals surface area contributed by atoms with E-state index in [-0.39, 0.29) is 0 Å². The molecule has 0 aliphatic rings. The number of amides is 1. The Morgan fingerprint density at radius 1 is 1.35 bits per heavy atom. The molecule has 2 N–H and O–H groups in total. The molecule has 1 aromatic rings. The summed E-state index contributed by atoms with van der Waals surface area (Å²) < 4.78 is 0. The molecular formula is C14H18ClNO3S. The maximum Gasteiger partial charge on any atom is 0.329 e. The molecule has 1 rings (SSSR count). The van der Waals surface area contributed by atoms with Gasteiger partial charge in [0.25, 0.3) is 5.91 Å². The van der Waals surface area contributed by atoms with Gasteiger partial charge in [0.05, 0.1) is 10.6 Å². The second kappa shape index (κ2) is 6.99. The van der Waals surface area contributed by atoms with Gasteiger partial charge >= 0.3 is 5.97 Å². The van der Waals surface area contributed by atoms with Gasteiger partial charge in [-0.15, -0.1) is 11.8 Å². The van der Waals surface area contributed by atoms with Crippen molar-refractivity contribution in [1.82, 2.24) is 5.32 Å². The van der Waals surface area contributed by atoms with Crippen LogP contribution >= 0.6 is 23.4 Å². The highest BCUT2D eigenvalue weighted by Crippen LogP contribution is 2.24. The van der Waals surface area contributed by atoms with Gasteiger partial charge in [-0.1, -0.05) is 25.4 Å². The van der Waals surface area contributed by atoms with Gasteiger partial charge in [-0.3, -0.25) is 4.79 Å². The van der Waals surface area contributed by atoms with Crippen LogP contribution in [0, 0.1) is 0 Å². The lowest BCUT2D eigenvalue weighted by molar-refractivity contribution is -0.144. The molecule has 1 amide bonds. The number of hydrogen-bond donors (Lipinski definition) is 2. The number of rotatable bonds is 6. The van der Waals surface area contributed by atoms with Crippen molar-refractivity contribution < 1.29 is 14.7 Å². The SMILES string of the molecule is CCC(CC)(NC(=O)c1cc(SC)ccc1Cl)C(=O)O. The van der Waals surface area contributed by atoms with Crippen molar-refractivity contribution in [1.29, 1.82) is 0 Å². The first kappa shape index (κ1) is 16.9. The highest BCUT2D eigenvalue weighted by molar-refractivity contribution is 7.98. The third kappa shape index (κ3) is 3.46. The van der Waals surface area contributed by atoms with Gasteiger partial charge in [-0.25, -0.2) is 4.79 Å². The van der Waals surface area contributed by atoms with Crippen molar-refractivity contribution in [3.05, 3.63) is 28.8 Å². The van der Waals surface area contributed by atoms with Crippen LogP contribution in [0.3, 0.4) is 0 Å². The molecule has 0 bridgehead atoms. The number of hydrogen-bond acceptors (Lipinski definition) is 3. The molecule has 0 heterocycles. The van der Waals surface area contributed by atoms with Crippen LogP contribution in [0.4, 0.5) is 0 Å². The maximum absolute atomic E-state index is 12.3. The van der Waals surface area contributed by atoms with Gasteiger partial charge in [-0.2, -0.15) is 0 Å². The zero-order chi connectivity index (χ0) is 15.3. The number of halogens is 1. The summed E-state index contributed by atoms with van der Waals surface area (Å²) in [5.41, 5.74) is -0.957. The van der Waals surface area contributed by atoms with E-state index in [1.807, 2.05) is 12.3 Å². The number of aliphatic carboxylic acids is 1. The van der Waals surface area contributed by atoms with Crippen LogP contribution in [0.25, 0.3) is 0 Å². The second-order valence-electron chi connectivity index (χ2n) is 4.39. The van der Waals surface area contributed by atoms with Crippen LogP contribution in [0.1, 0.15) is 37.0 Å². The summed E-state index contributed by atoms with van der Waals surface area (Å²) in [4.78, 5) is 24.6. The van der Waals surface area contributed by atoms with E-state index in [0.717, 1.165) is 4.90 Å². The first-order valence-electron chi connectivity index (χ1n) is 6.29. The van der Waals surface area contributed by atoms with Gasteiger partial charge in [0.15, 0.2) is 0 Å². The molecule has 0 spiro atoms. The van der Waals surface area contributed by atoms with E-state index < -0.39 is 17.4 Å². The summed E-state index contributed by atoms with van der Waals surface area (Å²) in [7, 11) is 0. The number of carbonyl (C=O) groups excluding carboxylic acids is 1. The average Bonchev–Trinajstić information content (AvgIpc) is 2.44. The van der Waals surface area contributed by atoms with E-state index in [1.165, 1.54) is 11.8 Å². The Morgan fingerprint density at radius 3 is 2.40 bits per heavy atom. The fourth-order valence-corrected chi connectivity index (χ4v) is 2.52. The Balaban J connectivity index is 3.09. The van der Waals surface area contributed by atoms with Crippen LogP contribution in [0.15, 0.2) is 23.1 Å². The normalized spacial score (nSPS) is 11.2. The number of carbonyl (C=O) groups is 2. The van der Waals surface area contributed by atoms with Gasteiger partial charge in [0.2, 0.25) is 0 Å². The Hall–Kier alpha value is -1.20. The number of carboxylic acids is 1. The van der Waals surface area contributed by atoms with Gasteiger partial charge in [0.1, 0.15) is 5.54 Å². The predicted molar refractivity (Wildman–Crippen MR) is 81.6 cm³/mol. The fourth-order valence-electron chi connectivity index (χ4n) is 1.87. The standard InChI is InChI=1S/C14H18ClNO3S/c1-4-14(5-2,13(18)19)16-12(17)10-8-9(20-3)6-7-11(10)15/h6-8H,4-5H2,1-3H3,(H,16,17)(H,18,19). The molecule has 6 heteroatoms. The third-order valence-corrected chi connectivity index (χ3v) is 4.44. The van der Waals surface area contributed by atoms with Crippen LogP contribution in [0.5, 0.6) is 0 Å². The van der Waals surface area contributed by atoms with Crippen molar-refractivity contribution in [2.24, 2.45) is 0 Å². The highest BCUT2D eigenvalue weighted by atomic mass is 35.5. The summed E-state index contributed by atoms with van der Waals surface area (Å²) >= 11 is 7.52. The van der Waals surface area contributed by atoms with Gasteiger partial charge in [0, 0.05) is 4.90 Å². The molecule has 0 saturated carbocycles. The summed E-state index contributed by atoms with van der Waals surface area (Å²) in [6, 6.07) is 5.12.